The van der Waals surface area contributed by atoms with Gasteiger partial charge >= 0.3 is 0 Å². The smallest absolute Gasteiger partial charge is 0.272 e. The number of para-hydroxylation sites is 1. The van der Waals surface area contributed by atoms with E-state index in [1.807, 2.05) is 0 Å². The third-order valence-corrected chi connectivity index (χ3v) is 3.36. The van der Waals surface area contributed by atoms with Crippen LogP contribution in [0.5, 0.6) is 5.75 Å². The Morgan fingerprint density at radius 3 is 2.35 bits per heavy atom. The number of thiol groups is 1. The normalized spacial score (nSPS) is 11.4. The quantitative estimate of drug-likeness (QED) is 0.511. The lowest BCUT2D eigenvalue weighted by molar-refractivity contribution is -0.385. The van der Waals surface area contributed by atoms with Crippen molar-refractivity contribution in [3.8, 4) is 5.75 Å². The first kappa shape index (κ1) is 16.3. The summed E-state index contributed by atoms with van der Waals surface area (Å²) in [6, 6.07) is 13.4. The van der Waals surface area contributed by atoms with E-state index in [4.69, 9.17) is 0 Å². The number of rotatable bonds is 4. The van der Waals surface area contributed by atoms with E-state index in [-0.39, 0.29) is 34.0 Å². The average Bonchev–Trinajstić information content (AvgIpc) is 2.39. The van der Waals surface area contributed by atoms with Gasteiger partial charge in [-0.2, -0.15) is 12.6 Å². The molecule has 0 radical (unpaired) electrons. The predicted molar refractivity (Wildman–Crippen MR) is 83.9 cm³/mol. The highest BCUT2D eigenvalue weighted by molar-refractivity contribution is 7.80. The van der Waals surface area contributed by atoms with Crippen LogP contribution in [0.25, 0.3) is 0 Å². The largest absolute Gasteiger partial charge is 0.508 e. The summed E-state index contributed by atoms with van der Waals surface area (Å²) >= 11 is 4.48. The second-order valence-corrected chi connectivity index (χ2v) is 4.82. The van der Waals surface area contributed by atoms with Gasteiger partial charge in [0.1, 0.15) is 5.75 Å². The number of nitro groups is 1. The van der Waals surface area contributed by atoms with Crippen LogP contribution in [-0.2, 0) is 6.42 Å². The number of nitrogens with zero attached hydrogens (tertiary/aromatic N) is 1. The summed E-state index contributed by atoms with van der Waals surface area (Å²) in [4.78, 5) is 10.5. The molecule has 1 atom stereocenters. The standard InChI is InChI=1S/C14H13NO3S.ClH/c16-12-7-5-10(6-8-12)14(19)9-11-3-1-2-4-13(11)15(17)18;/h1-8,14,16,19H,9H2;1H. The molecule has 2 aromatic carbocycles. The number of halogens is 1. The van der Waals surface area contributed by atoms with Crippen LogP contribution in [-0.4, -0.2) is 10.0 Å². The Morgan fingerprint density at radius 2 is 1.75 bits per heavy atom. The zero-order valence-corrected chi connectivity index (χ0v) is 12.2. The molecule has 0 saturated heterocycles. The third-order valence-electron chi connectivity index (χ3n) is 2.88. The number of benzene rings is 2. The summed E-state index contributed by atoms with van der Waals surface area (Å²) in [6.07, 6.45) is 0.463. The number of nitro benzene ring substituents is 1. The molecule has 0 heterocycles. The van der Waals surface area contributed by atoms with Crippen LogP contribution in [0.15, 0.2) is 48.5 Å². The maximum Gasteiger partial charge on any atom is 0.272 e. The van der Waals surface area contributed by atoms with Crippen molar-refractivity contribution in [2.75, 3.05) is 0 Å². The Hall–Kier alpha value is -1.72. The molecule has 4 nitrogen and oxygen atoms in total. The van der Waals surface area contributed by atoms with Gasteiger partial charge in [0.2, 0.25) is 0 Å². The van der Waals surface area contributed by atoms with Crippen molar-refractivity contribution in [2.45, 2.75) is 11.7 Å². The minimum absolute atomic E-state index is 0. The lowest BCUT2D eigenvalue weighted by Gasteiger charge is -2.11. The van der Waals surface area contributed by atoms with Crippen LogP contribution in [0.1, 0.15) is 16.4 Å². The number of aromatic hydroxyl groups is 1. The SMILES string of the molecule is Cl.O=[N+]([O-])c1ccccc1CC(S)c1ccc(O)cc1. The van der Waals surface area contributed by atoms with Crippen molar-refractivity contribution in [3.63, 3.8) is 0 Å². The van der Waals surface area contributed by atoms with E-state index < -0.39 is 0 Å². The summed E-state index contributed by atoms with van der Waals surface area (Å²) in [5, 5.41) is 20.0. The van der Waals surface area contributed by atoms with Crippen LogP contribution in [0.4, 0.5) is 5.69 Å². The average molecular weight is 312 g/mol. The zero-order chi connectivity index (χ0) is 13.8. The van der Waals surface area contributed by atoms with Gasteiger partial charge in [0, 0.05) is 16.9 Å². The second-order valence-electron chi connectivity index (χ2n) is 4.20. The van der Waals surface area contributed by atoms with E-state index in [2.05, 4.69) is 12.6 Å². The molecule has 0 saturated carbocycles. The molecule has 0 fully saturated rings. The van der Waals surface area contributed by atoms with Crippen molar-refractivity contribution < 1.29 is 10.0 Å². The summed E-state index contributed by atoms with van der Waals surface area (Å²) in [5.74, 6) is 0.190. The lowest BCUT2D eigenvalue weighted by Crippen LogP contribution is -2.00. The summed E-state index contributed by atoms with van der Waals surface area (Å²) in [6.45, 7) is 0. The summed E-state index contributed by atoms with van der Waals surface area (Å²) < 4.78 is 0. The minimum atomic E-state index is -0.382. The number of hydrogen-bond donors (Lipinski definition) is 2. The monoisotopic (exact) mass is 311 g/mol. The van der Waals surface area contributed by atoms with Crippen LogP contribution < -0.4 is 0 Å². The first-order valence-electron chi connectivity index (χ1n) is 5.77. The van der Waals surface area contributed by atoms with Gasteiger partial charge in [-0.05, 0) is 24.1 Å². The molecule has 2 rings (SSSR count). The van der Waals surface area contributed by atoms with Gasteiger partial charge in [0.25, 0.3) is 5.69 Å². The molecule has 0 amide bonds. The molecule has 20 heavy (non-hydrogen) atoms. The second kappa shape index (κ2) is 7.17. The molecule has 1 unspecified atom stereocenters. The van der Waals surface area contributed by atoms with Crippen molar-refractivity contribution in [1.82, 2.24) is 0 Å². The van der Waals surface area contributed by atoms with Gasteiger partial charge in [-0.15, -0.1) is 12.4 Å². The van der Waals surface area contributed by atoms with Crippen molar-refractivity contribution >= 4 is 30.7 Å². The van der Waals surface area contributed by atoms with Gasteiger partial charge in [-0.1, -0.05) is 30.3 Å². The first-order chi connectivity index (χ1) is 9.08. The highest BCUT2D eigenvalue weighted by Crippen LogP contribution is 2.29. The van der Waals surface area contributed by atoms with Crippen LogP contribution in [0, 0.1) is 10.1 Å². The van der Waals surface area contributed by atoms with Crippen molar-refractivity contribution in [3.05, 3.63) is 69.8 Å². The van der Waals surface area contributed by atoms with Crippen LogP contribution in [0.3, 0.4) is 0 Å². The van der Waals surface area contributed by atoms with Gasteiger partial charge in [-0.3, -0.25) is 10.1 Å². The van der Waals surface area contributed by atoms with Crippen molar-refractivity contribution in [1.29, 1.82) is 0 Å². The fraction of sp³-hybridized carbons (Fsp3) is 0.143. The Labute approximate surface area is 128 Å². The molecule has 1 N–H and O–H groups in total. The Morgan fingerprint density at radius 1 is 1.15 bits per heavy atom. The fourth-order valence-corrected chi connectivity index (χ4v) is 2.25. The Bertz CT molecular complexity index is 589. The van der Waals surface area contributed by atoms with E-state index in [1.165, 1.54) is 6.07 Å². The van der Waals surface area contributed by atoms with E-state index >= 15 is 0 Å². The highest BCUT2D eigenvalue weighted by atomic mass is 35.5. The van der Waals surface area contributed by atoms with E-state index in [0.29, 0.717) is 12.0 Å². The molecule has 0 bridgehead atoms. The Kier molecular flexibility index (Phi) is 5.85. The minimum Gasteiger partial charge on any atom is -0.508 e. The first-order valence-corrected chi connectivity index (χ1v) is 6.29. The summed E-state index contributed by atoms with van der Waals surface area (Å²) in [7, 11) is 0. The predicted octanol–water partition coefficient (Wildman–Crippen LogP) is 3.94. The van der Waals surface area contributed by atoms with Crippen LogP contribution in [0.2, 0.25) is 0 Å². The number of hydrogen-bond acceptors (Lipinski definition) is 4. The van der Waals surface area contributed by atoms with Gasteiger partial charge in [0.15, 0.2) is 0 Å². The topological polar surface area (TPSA) is 63.4 Å². The molecular weight excluding hydrogens is 298 g/mol. The maximum atomic E-state index is 10.9. The number of phenols is 1. The lowest BCUT2D eigenvalue weighted by atomic mass is 10.0. The van der Waals surface area contributed by atoms with E-state index in [1.54, 1.807) is 42.5 Å². The van der Waals surface area contributed by atoms with Gasteiger partial charge in [0.05, 0.1) is 4.92 Å². The molecule has 0 aliphatic heterocycles. The maximum absolute atomic E-state index is 10.9. The molecule has 2 aromatic rings. The fourth-order valence-electron chi connectivity index (χ4n) is 1.88. The zero-order valence-electron chi connectivity index (χ0n) is 10.5. The molecule has 106 valence electrons. The molecule has 0 aliphatic rings. The third kappa shape index (κ3) is 3.88. The van der Waals surface area contributed by atoms with E-state index in [9.17, 15) is 15.2 Å². The molecule has 0 aromatic heterocycles. The van der Waals surface area contributed by atoms with Crippen LogP contribution >= 0.6 is 25.0 Å². The van der Waals surface area contributed by atoms with Crippen molar-refractivity contribution in [2.24, 2.45) is 0 Å². The molecule has 0 spiro atoms. The number of phenolic OH excluding ortho intramolecular Hbond substituents is 1. The Balaban J connectivity index is 0.00000200. The summed E-state index contributed by atoms with van der Waals surface area (Å²) in [5.41, 5.74) is 1.68. The van der Waals surface area contributed by atoms with E-state index in [0.717, 1.165) is 5.56 Å². The molecular formula is C14H14ClNO3S. The van der Waals surface area contributed by atoms with Gasteiger partial charge < -0.3 is 5.11 Å². The molecule has 6 heteroatoms. The highest BCUT2D eigenvalue weighted by Gasteiger charge is 2.16. The molecule has 0 aliphatic carbocycles. The van der Waals surface area contributed by atoms with Gasteiger partial charge in [-0.25, -0.2) is 0 Å².